The van der Waals surface area contributed by atoms with Crippen LogP contribution in [0.4, 0.5) is 5.69 Å². The van der Waals surface area contributed by atoms with E-state index in [-0.39, 0.29) is 12.5 Å². The number of hydrogen-bond donors (Lipinski definition) is 2. The van der Waals surface area contributed by atoms with E-state index in [0.717, 1.165) is 25.8 Å². The normalized spacial score (nSPS) is 10.5. The van der Waals surface area contributed by atoms with Gasteiger partial charge in [0.1, 0.15) is 5.75 Å². The third kappa shape index (κ3) is 7.43. The van der Waals surface area contributed by atoms with Gasteiger partial charge >= 0.3 is 0 Å². The standard InChI is InChI=1S/C25H28N2O2/c28-25(20-26-18-17-22-12-5-2-6-13-22)27-23-15-7-8-16-24(23)29-19-9-14-21-10-3-1-4-11-21/h1-8,10-13,15-16,26H,9,14,17-20H2,(H,27,28). The highest BCUT2D eigenvalue weighted by molar-refractivity contribution is 5.93. The van der Waals surface area contributed by atoms with Gasteiger partial charge in [0, 0.05) is 0 Å². The maximum Gasteiger partial charge on any atom is 0.238 e. The molecule has 3 aromatic rings. The average molecular weight is 389 g/mol. The molecule has 1 amide bonds. The second-order valence-electron chi connectivity index (χ2n) is 6.89. The van der Waals surface area contributed by atoms with E-state index in [1.807, 2.05) is 48.5 Å². The third-order valence-electron chi connectivity index (χ3n) is 4.59. The minimum absolute atomic E-state index is 0.0709. The summed E-state index contributed by atoms with van der Waals surface area (Å²) in [6.45, 7) is 1.64. The van der Waals surface area contributed by atoms with Gasteiger partial charge in [-0.15, -0.1) is 0 Å². The number of nitrogens with one attached hydrogen (secondary N) is 2. The van der Waals surface area contributed by atoms with Crippen LogP contribution in [0.3, 0.4) is 0 Å². The maximum absolute atomic E-state index is 12.3. The fourth-order valence-corrected chi connectivity index (χ4v) is 3.07. The zero-order valence-electron chi connectivity index (χ0n) is 16.6. The topological polar surface area (TPSA) is 50.4 Å². The summed E-state index contributed by atoms with van der Waals surface area (Å²) < 4.78 is 5.91. The molecule has 0 saturated heterocycles. The first-order chi connectivity index (χ1) is 14.3. The van der Waals surface area contributed by atoms with E-state index >= 15 is 0 Å². The first-order valence-electron chi connectivity index (χ1n) is 10.1. The van der Waals surface area contributed by atoms with E-state index in [1.54, 1.807) is 0 Å². The molecule has 0 fully saturated rings. The number of carbonyl (C=O) groups is 1. The molecule has 0 heterocycles. The molecule has 0 aliphatic carbocycles. The van der Waals surface area contributed by atoms with Gasteiger partial charge in [0.15, 0.2) is 0 Å². The minimum Gasteiger partial charge on any atom is -0.491 e. The van der Waals surface area contributed by atoms with Crippen molar-refractivity contribution in [3.05, 3.63) is 96.1 Å². The van der Waals surface area contributed by atoms with Crippen molar-refractivity contribution in [2.24, 2.45) is 0 Å². The Bertz CT molecular complexity index is 866. The highest BCUT2D eigenvalue weighted by atomic mass is 16.5. The number of ether oxygens (including phenoxy) is 1. The number of para-hydroxylation sites is 2. The molecule has 0 spiro atoms. The van der Waals surface area contributed by atoms with Crippen molar-refractivity contribution >= 4 is 11.6 Å². The molecule has 0 atom stereocenters. The predicted molar refractivity (Wildman–Crippen MR) is 118 cm³/mol. The summed E-state index contributed by atoms with van der Waals surface area (Å²) in [4.78, 5) is 12.3. The van der Waals surface area contributed by atoms with E-state index in [1.165, 1.54) is 11.1 Å². The first-order valence-corrected chi connectivity index (χ1v) is 10.1. The SMILES string of the molecule is O=C(CNCCc1ccccc1)Nc1ccccc1OCCCc1ccccc1. The van der Waals surface area contributed by atoms with Crippen LogP contribution in [0.5, 0.6) is 5.75 Å². The predicted octanol–water partition coefficient (Wildman–Crippen LogP) is 4.47. The lowest BCUT2D eigenvalue weighted by molar-refractivity contribution is -0.115. The Kier molecular flexibility index (Phi) is 8.30. The van der Waals surface area contributed by atoms with Gasteiger partial charge in [-0.25, -0.2) is 0 Å². The molecule has 3 aromatic carbocycles. The summed E-state index contributed by atoms with van der Waals surface area (Å²) in [5, 5.41) is 6.13. The van der Waals surface area contributed by atoms with Gasteiger partial charge in [0.05, 0.1) is 18.8 Å². The molecule has 0 unspecified atom stereocenters. The molecule has 0 aliphatic rings. The fourth-order valence-electron chi connectivity index (χ4n) is 3.07. The van der Waals surface area contributed by atoms with Crippen LogP contribution in [0.25, 0.3) is 0 Å². The molecule has 150 valence electrons. The number of hydrogen-bond acceptors (Lipinski definition) is 3. The zero-order valence-corrected chi connectivity index (χ0v) is 16.6. The Labute approximate surface area is 172 Å². The van der Waals surface area contributed by atoms with Crippen LogP contribution < -0.4 is 15.4 Å². The number of aryl methyl sites for hydroxylation is 1. The third-order valence-corrected chi connectivity index (χ3v) is 4.59. The first kappa shape index (κ1) is 20.6. The summed E-state index contributed by atoms with van der Waals surface area (Å²) in [6, 6.07) is 28.2. The molecule has 0 aliphatic heterocycles. The average Bonchev–Trinajstić information content (AvgIpc) is 2.77. The van der Waals surface area contributed by atoms with Crippen LogP contribution in [-0.4, -0.2) is 25.6 Å². The van der Waals surface area contributed by atoms with Crippen molar-refractivity contribution in [2.45, 2.75) is 19.3 Å². The smallest absolute Gasteiger partial charge is 0.238 e. The molecule has 29 heavy (non-hydrogen) atoms. The number of anilines is 1. The minimum atomic E-state index is -0.0709. The Morgan fingerprint density at radius 1 is 0.759 bits per heavy atom. The summed E-state index contributed by atoms with van der Waals surface area (Å²) in [5.41, 5.74) is 3.27. The second-order valence-corrected chi connectivity index (χ2v) is 6.89. The molecular formula is C25H28N2O2. The van der Waals surface area contributed by atoms with Gasteiger partial charge < -0.3 is 15.4 Å². The highest BCUT2D eigenvalue weighted by Gasteiger charge is 2.07. The fraction of sp³-hybridized carbons (Fsp3) is 0.240. The zero-order chi connectivity index (χ0) is 20.2. The molecule has 0 saturated carbocycles. The Morgan fingerprint density at radius 3 is 2.10 bits per heavy atom. The summed E-state index contributed by atoms with van der Waals surface area (Å²) in [6.07, 6.45) is 2.79. The highest BCUT2D eigenvalue weighted by Crippen LogP contribution is 2.23. The number of amides is 1. The van der Waals surface area contributed by atoms with Crippen molar-refractivity contribution in [3.63, 3.8) is 0 Å². The lowest BCUT2D eigenvalue weighted by Gasteiger charge is -2.13. The second kappa shape index (κ2) is 11.7. The van der Waals surface area contributed by atoms with Crippen molar-refractivity contribution in [2.75, 3.05) is 25.0 Å². The van der Waals surface area contributed by atoms with Crippen LogP contribution in [0, 0.1) is 0 Å². The Morgan fingerprint density at radius 2 is 1.38 bits per heavy atom. The quantitative estimate of drug-likeness (QED) is 0.477. The van der Waals surface area contributed by atoms with Gasteiger partial charge in [-0.3, -0.25) is 4.79 Å². The molecule has 0 bridgehead atoms. The molecular weight excluding hydrogens is 360 g/mol. The van der Waals surface area contributed by atoms with Crippen molar-refractivity contribution in [1.82, 2.24) is 5.32 Å². The van der Waals surface area contributed by atoms with Gasteiger partial charge in [-0.2, -0.15) is 0 Å². The van der Waals surface area contributed by atoms with Crippen LogP contribution in [0.15, 0.2) is 84.9 Å². The lowest BCUT2D eigenvalue weighted by Crippen LogP contribution is -2.29. The number of benzene rings is 3. The van der Waals surface area contributed by atoms with Crippen LogP contribution in [0.2, 0.25) is 0 Å². The monoisotopic (exact) mass is 388 g/mol. The summed E-state index contributed by atoms with van der Waals surface area (Å²) >= 11 is 0. The molecule has 0 aromatic heterocycles. The largest absolute Gasteiger partial charge is 0.491 e. The lowest BCUT2D eigenvalue weighted by atomic mass is 10.1. The molecule has 2 N–H and O–H groups in total. The molecule has 4 nitrogen and oxygen atoms in total. The van der Waals surface area contributed by atoms with E-state index in [4.69, 9.17) is 4.74 Å². The Balaban J connectivity index is 1.39. The molecule has 4 heteroatoms. The van der Waals surface area contributed by atoms with Crippen LogP contribution >= 0.6 is 0 Å². The van der Waals surface area contributed by atoms with Gasteiger partial charge in [0.25, 0.3) is 0 Å². The van der Waals surface area contributed by atoms with E-state index < -0.39 is 0 Å². The molecule has 3 rings (SSSR count). The molecule has 0 radical (unpaired) electrons. The van der Waals surface area contributed by atoms with E-state index in [9.17, 15) is 4.79 Å². The van der Waals surface area contributed by atoms with Gasteiger partial charge in [-0.1, -0.05) is 72.8 Å². The van der Waals surface area contributed by atoms with Gasteiger partial charge in [0.2, 0.25) is 5.91 Å². The van der Waals surface area contributed by atoms with Crippen molar-refractivity contribution in [1.29, 1.82) is 0 Å². The van der Waals surface area contributed by atoms with Crippen LogP contribution in [-0.2, 0) is 17.6 Å². The van der Waals surface area contributed by atoms with E-state index in [0.29, 0.717) is 18.0 Å². The summed E-state index contributed by atoms with van der Waals surface area (Å²) in [7, 11) is 0. The van der Waals surface area contributed by atoms with Gasteiger partial charge in [-0.05, 0) is 49.1 Å². The van der Waals surface area contributed by atoms with Crippen molar-refractivity contribution in [3.8, 4) is 5.75 Å². The summed E-state index contributed by atoms with van der Waals surface area (Å²) in [5.74, 6) is 0.636. The van der Waals surface area contributed by atoms with E-state index in [2.05, 4.69) is 47.0 Å². The van der Waals surface area contributed by atoms with Crippen LogP contribution in [0.1, 0.15) is 17.5 Å². The Hall–Kier alpha value is -3.11. The number of carbonyl (C=O) groups excluding carboxylic acids is 1. The maximum atomic E-state index is 12.3. The number of rotatable bonds is 11. The van der Waals surface area contributed by atoms with Crippen molar-refractivity contribution < 1.29 is 9.53 Å².